The maximum absolute atomic E-state index is 4.44. The molecule has 0 fully saturated rings. The molecule has 0 aliphatic heterocycles. The highest BCUT2D eigenvalue weighted by Gasteiger charge is 2.02. The van der Waals surface area contributed by atoms with Gasteiger partial charge in [-0.3, -0.25) is 4.68 Å². The van der Waals surface area contributed by atoms with E-state index in [0.29, 0.717) is 5.92 Å². The highest BCUT2D eigenvalue weighted by Crippen LogP contribution is 2.09. The van der Waals surface area contributed by atoms with Gasteiger partial charge in [0.2, 0.25) is 0 Å². The topological polar surface area (TPSA) is 42.7 Å². The summed E-state index contributed by atoms with van der Waals surface area (Å²) in [7, 11) is 0. The van der Waals surface area contributed by atoms with Crippen molar-refractivity contribution in [1.29, 1.82) is 0 Å². The van der Waals surface area contributed by atoms with Gasteiger partial charge in [-0.15, -0.1) is 11.3 Å². The maximum Gasteiger partial charge on any atom is 0.0898 e. The number of nitrogens with one attached hydrogen (secondary N) is 1. The van der Waals surface area contributed by atoms with Gasteiger partial charge in [-0.05, 0) is 19.4 Å². The molecule has 4 nitrogen and oxygen atoms in total. The van der Waals surface area contributed by atoms with Crippen molar-refractivity contribution in [3.05, 3.63) is 34.0 Å². The van der Waals surface area contributed by atoms with E-state index >= 15 is 0 Å². The summed E-state index contributed by atoms with van der Waals surface area (Å²) in [6.07, 6.45) is 4.01. The third-order valence-corrected chi connectivity index (χ3v) is 3.38. The minimum atomic E-state index is 0.679. The van der Waals surface area contributed by atoms with E-state index < -0.39 is 0 Å². The zero-order valence-electron chi connectivity index (χ0n) is 11.2. The lowest BCUT2D eigenvalue weighted by Gasteiger charge is -2.05. The number of aryl methyl sites for hydroxylation is 1. The van der Waals surface area contributed by atoms with Crippen LogP contribution in [-0.4, -0.2) is 21.3 Å². The number of hydrogen-bond donors (Lipinski definition) is 1. The van der Waals surface area contributed by atoms with Crippen molar-refractivity contribution in [2.75, 3.05) is 6.54 Å². The first-order valence-corrected chi connectivity index (χ1v) is 7.14. The Morgan fingerprint density at radius 2 is 2.28 bits per heavy atom. The summed E-state index contributed by atoms with van der Waals surface area (Å²) in [5, 5.41) is 11.0. The van der Waals surface area contributed by atoms with E-state index in [1.807, 2.05) is 17.8 Å². The number of nitrogens with zero attached hydrogens (tertiary/aromatic N) is 3. The normalized spacial score (nSPS) is 11.3. The molecule has 0 saturated carbocycles. The quantitative estimate of drug-likeness (QED) is 0.871. The molecule has 5 heteroatoms. The van der Waals surface area contributed by atoms with Gasteiger partial charge in [-0.25, -0.2) is 4.98 Å². The molecule has 0 unspecified atom stereocenters. The van der Waals surface area contributed by atoms with Crippen molar-refractivity contribution < 1.29 is 0 Å². The highest BCUT2D eigenvalue weighted by molar-refractivity contribution is 7.09. The minimum Gasteiger partial charge on any atom is -0.312 e. The Bertz CT molecular complexity index is 487. The van der Waals surface area contributed by atoms with Gasteiger partial charge in [-0.2, -0.15) is 5.10 Å². The van der Waals surface area contributed by atoms with Crippen LogP contribution in [0.1, 0.15) is 30.1 Å². The monoisotopic (exact) mass is 264 g/mol. The average molecular weight is 264 g/mol. The molecule has 0 atom stereocenters. The number of aromatic nitrogens is 3. The summed E-state index contributed by atoms with van der Waals surface area (Å²) >= 11 is 1.68. The average Bonchev–Trinajstić information content (AvgIpc) is 2.89. The first-order chi connectivity index (χ1) is 8.63. The Morgan fingerprint density at radius 3 is 2.94 bits per heavy atom. The summed E-state index contributed by atoms with van der Waals surface area (Å²) in [5.74, 6) is 0.679. The lowest BCUT2D eigenvalue weighted by molar-refractivity contribution is 0.552. The Hall–Kier alpha value is -1.20. The van der Waals surface area contributed by atoms with Crippen LogP contribution in [0.15, 0.2) is 17.8 Å². The molecular weight excluding hydrogens is 244 g/mol. The molecule has 0 radical (unpaired) electrons. The van der Waals surface area contributed by atoms with Crippen LogP contribution in [0.3, 0.4) is 0 Å². The predicted octanol–water partition coefficient (Wildman–Crippen LogP) is 2.44. The molecule has 0 aliphatic rings. The van der Waals surface area contributed by atoms with Gasteiger partial charge in [0, 0.05) is 23.7 Å². The number of thiazole rings is 1. The number of rotatable bonds is 6. The first kappa shape index (κ1) is 13.2. The van der Waals surface area contributed by atoms with Crippen LogP contribution in [-0.2, 0) is 13.1 Å². The van der Waals surface area contributed by atoms with Crippen molar-refractivity contribution >= 4 is 11.3 Å². The van der Waals surface area contributed by atoms with Crippen LogP contribution in [0.4, 0.5) is 0 Å². The van der Waals surface area contributed by atoms with E-state index in [0.717, 1.165) is 30.3 Å². The van der Waals surface area contributed by atoms with Crippen LogP contribution in [0.25, 0.3) is 0 Å². The van der Waals surface area contributed by atoms with Crippen LogP contribution < -0.4 is 5.32 Å². The summed E-state index contributed by atoms with van der Waals surface area (Å²) < 4.78 is 1.95. The SMILES string of the molecule is Cc1nc(Cn2cc(CNCC(C)C)cn2)cs1. The highest BCUT2D eigenvalue weighted by atomic mass is 32.1. The summed E-state index contributed by atoms with van der Waals surface area (Å²) in [6, 6.07) is 0. The van der Waals surface area contributed by atoms with Crippen molar-refractivity contribution in [1.82, 2.24) is 20.1 Å². The van der Waals surface area contributed by atoms with E-state index in [9.17, 15) is 0 Å². The molecule has 18 heavy (non-hydrogen) atoms. The van der Waals surface area contributed by atoms with Crippen LogP contribution in [0, 0.1) is 12.8 Å². The van der Waals surface area contributed by atoms with E-state index in [2.05, 4.69) is 40.8 Å². The van der Waals surface area contributed by atoms with Crippen molar-refractivity contribution in [3.63, 3.8) is 0 Å². The van der Waals surface area contributed by atoms with Crippen molar-refractivity contribution in [2.45, 2.75) is 33.9 Å². The standard InChI is InChI=1S/C13H20N4S/c1-10(2)4-14-5-12-6-15-17(7-12)8-13-9-18-11(3)16-13/h6-7,9-10,14H,4-5,8H2,1-3H3. The summed E-state index contributed by atoms with van der Waals surface area (Å²) in [5.41, 5.74) is 2.31. The molecule has 2 aromatic rings. The number of hydrogen-bond acceptors (Lipinski definition) is 4. The molecule has 0 aromatic carbocycles. The largest absolute Gasteiger partial charge is 0.312 e. The van der Waals surface area contributed by atoms with Gasteiger partial charge >= 0.3 is 0 Å². The maximum atomic E-state index is 4.44. The molecule has 0 spiro atoms. The lowest BCUT2D eigenvalue weighted by atomic mass is 10.2. The minimum absolute atomic E-state index is 0.679. The smallest absolute Gasteiger partial charge is 0.0898 e. The Balaban J connectivity index is 1.86. The molecule has 0 saturated heterocycles. The zero-order valence-corrected chi connectivity index (χ0v) is 12.0. The second kappa shape index (κ2) is 6.11. The molecule has 2 rings (SSSR count). The lowest BCUT2D eigenvalue weighted by Crippen LogP contribution is -2.18. The zero-order chi connectivity index (χ0) is 13.0. The fourth-order valence-electron chi connectivity index (χ4n) is 1.74. The van der Waals surface area contributed by atoms with E-state index in [1.54, 1.807) is 11.3 Å². The molecule has 1 N–H and O–H groups in total. The second-order valence-electron chi connectivity index (χ2n) is 4.93. The van der Waals surface area contributed by atoms with Gasteiger partial charge in [0.15, 0.2) is 0 Å². The summed E-state index contributed by atoms with van der Waals surface area (Å²) in [6.45, 7) is 9.12. The predicted molar refractivity (Wildman–Crippen MR) is 74.7 cm³/mol. The van der Waals surface area contributed by atoms with Gasteiger partial charge in [0.1, 0.15) is 0 Å². The Kier molecular flexibility index (Phi) is 4.49. The molecule has 0 aliphatic carbocycles. The summed E-state index contributed by atoms with van der Waals surface area (Å²) in [4.78, 5) is 4.44. The third-order valence-electron chi connectivity index (χ3n) is 2.56. The van der Waals surface area contributed by atoms with E-state index in [-0.39, 0.29) is 0 Å². The van der Waals surface area contributed by atoms with Gasteiger partial charge < -0.3 is 5.32 Å². The first-order valence-electron chi connectivity index (χ1n) is 6.26. The van der Waals surface area contributed by atoms with Crippen molar-refractivity contribution in [3.8, 4) is 0 Å². The van der Waals surface area contributed by atoms with Crippen molar-refractivity contribution in [2.24, 2.45) is 5.92 Å². The van der Waals surface area contributed by atoms with Gasteiger partial charge in [-0.1, -0.05) is 13.8 Å². The Labute approximate surface area is 112 Å². The molecule has 98 valence electrons. The van der Waals surface area contributed by atoms with E-state index in [4.69, 9.17) is 0 Å². The molecule has 2 aromatic heterocycles. The molecule has 2 heterocycles. The molecule has 0 amide bonds. The Morgan fingerprint density at radius 1 is 1.44 bits per heavy atom. The molecule has 0 bridgehead atoms. The van der Waals surface area contributed by atoms with Crippen LogP contribution >= 0.6 is 11.3 Å². The van der Waals surface area contributed by atoms with Crippen LogP contribution in [0.5, 0.6) is 0 Å². The fraction of sp³-hybridized carbons (Fsp3) is 0.538. The van der Waals surface area contributed by atoms with E-state index in [1.165, 1.54) is 5.56 Å². The van der Waals surface area contributed by atoms with Gasteiger partial charge in [0.05, 0.1) is 23.4 Å². The third kappa shape index (κ3) is 3.92. The molecular formula is C13H20N4S. The van der Waals surface area contributed by atoms with Crippen LogP contribution in [0.2, 0.25) is 0 Å². The second-order valence-corrected chi connectivity index (χ2v) is 5.99. The fourth-order valence-corrected chi connectivity index (χ4v) is 2.34. The van der Waals surface area contributed by atoms with Gasteiger partial charge in [0.25, 0.3) is 0 Å².